The van der Waals surface area contributed by atoms with Crippen molar-refractivity contribution in [2.45, 2.75) is 0 Å². The second-order valence-corrected chi connectivity index (χ2v) is 2.58. The van der Waals surface area contributed by atoms with E-state index >= 15 is 0 Å². The lowest BCUT2D eigenvalue weighted by atomic mass is 10.2. The van der Waals surface area contributed by atoms with Gasteiger partial charge in [0.1, 0.15) is 0 Å². The van der Waals surface area contributed by atoms with Crippen LogP contribution in [0.2, 0.25) is 0 Å². The van der Waals surface area contributed by atoms with Crippen molar-refractivity contribution in [3.05, 3.63) is 18.0 Å². The number of alkyl halides is 1. The molecule has 0 radical (unpaired) electrons. The third-order valence-electron chi connectivity index (χ3n) is 1.25. The molecule has 5 heteroatoms. The smallest absolute Gasteiger partial charge is 0.316 e. The van der Waals surface area contributed by atoms with Gasteiger partial charge in [-0.2, -0.15) is 0 Å². The van der Waals surface area contributed by atoms with Crippen LogP contribution in [0.4, 0.5) is 0 Å². The fourth-order valence-electron chi connectivity index (χ4n) is 0.643. The quantitative estimate of drug-likeness (QED) is 0.576. The molecule has 1 aromatic heterocycles. The molecule has 12 heavy (non-hydrogen) atoms. The number of nitrogens with zero attached hydrogens (tertiary/aromatic N) is 2. The minimum atomic E-state index is -0.0438. The molecular weight excluding hydrogens is 224 g/mol. The summed E-state index contributed by atoms with van der Waals surface area (Å²) in [6.07, 6.45) is 2.88. The topological polar surface area (TPSA) is 52.1 Å². The molecule has 0 amide bonds. The Hall–Kier alpha value is -0.970. The summed E-state index contributed by atoms with van der Waals surface area (Å²) in [6.45, 7) is 0. The fourth-order valence-corrected chi connectivity index (χ4v) is 0.966. The molecule has 0 fully saturated rings. The minimum absolute atomic E-state index is 0.0438. The van der Waals surface area contributed by atoms with Crippen molar-refractivity contribution in [2.24, 2.45) is 0 Å². The van der Waals surface area contributed by atoms with E-state index in [1.54, 1.807) is 0 Å². The first-order valence-electron chi connectivity index (χ1n) is 3.23. The van der Waals surface area contributed by atoms with Crippen LogP contribution < -0.4 is 4.74 Å². The first-order valence-corrected chi connectivity index (χ1v) is 4.35. The number of carbonyl (C=O) groups excluding carboxylic acids is 1. The van der Waals surface area contributed by atoms with E-state index < -0.39 is 0 Å². The van der Waals surface area contributed by atoms with Crippen molar-refractivity contribution in [3.63, 3.8) is 0 Å². The molecule has 1 heterocycles. The Balaban J connectivity index is 2.84. The Morgan fingerprint density at radius 1 is 1.58 bits per heavy atom. The van der Waals surface area contributed by atoms with Crippen LogP contribution in [0.3, 0.4) is 0 Å². The van der Waals surface area contributed by atoms with Crippen molar-refractivity contribution in [2.75, 3.05) is 12.4 Å². The maximum absolute atomic E-state index is 11.0. The molecule has 0 saturated carbocycles. The van der Waals surface area contributed by atoms with Crippen molar-refractivity contribution in [1.29, 1.82) is 0 Å². The Morgan fingerprint density at radius 3 is 2.58 bits per heavy atom. The van der Waals surface area contributed by atoms with Crippen LogP contribution in [0, 0.1) is 0 Å². The molecule has 0 aliphatic carbocycles. The number of ether oxygens (including phenoxy) is 1. The van der Waals surface area contributed by atoms with Gasteiger partial charge in [-0.05, 0) is 0 Å². The summed E-state index contributed by atoms with van der Waals surface area (Å²) in [5.41, 5.74) is 0.479. The average molecular weight is 231 g/mol. The van der Waals surface area contributed by atoms with E-state index in [0.717, 1.165) is 0 Å². The molecule has 1 rings (SSSR count). The van der Waals surface area contributed by atoms with E-state index in [-0.39, 0.29) is 17.1 Å². The number of halogens is 1. The number of hydrogen-bond acceptors (Lipinski definition) is 4. The SMILES string of the molecule is COc1ncc(C(=O)CBr)cn1. The van der Waals surface area contributed by atoms with Crippen LogP contribution in [0.15, 0.2) is 12.4 Å². The van der Waals surface area contributed by atoms with Crippen LogP contribution in [-0.2, 0) is 0 Å². The lowest BCUT2D eigenvalue weighted by Gasteiger charge is -1.97. The molecule has 0 aliphatic heterocycles. The number of hydrogen-bond donors (Lipinski definition) is 0. The van der Waals surface area contributed by atoms with Crippen LogP contribution >= 0.6 is 15.9 Å². The number of ketones is 1. The fraction of sp³-hybridized carbons (Fsp3) is 0.286. The molecule has 0 spiro atoms. The Morgan fingerprint density at radius 2 is 2.17 bits per heavy atom. The molecular formula is C7H7BrN2O2. The van der Waals surface area contributed by atoms with E-state index in [0.29, 0.717) is 5.56 Å². The molecule has 0 bridgehead atoms. The largest absolute Gasteiger partial charge is 0.467 e. The highest BCUT2D eigenvalue weighted by Gasteiger charge is 2.04. The van der Waals surface area contributed by atoms with Crippen molar-refractivity contribution in [1.82, 2.24) is 9.97 Å². The van der Waals surface area contributed by atoms with Gasteiger partial charge in [-0.25, -0.2) is 9.97 Å². The van der Waals surface area contributed by atoms with Crippen LogP contribution in [0.25, 0.3) is 0 Å². The molecule has 0 atom stereocenters. The van der Waals surface area contributed by atoms with Crippen LogP contribution in [-0.4, -0.2) is 28.2 Å². The maximum atomic E-state index is 11.0. The zero-order chi connectivity index (χ0) is 8.97. The summed E-state index contributed by atoms with van der Waals surface area (Å²) in [7, 11) is 1.47. The lowest BCUT2D eigenvalue weighted by molar-refractivity contribution is 0.102. The molecule has 0 aliphatic rings. The van der Waals surface area contributed by atoms with Gasteiger partial charge in [0.05, 0.1) is 18.0 Å². The van der Waals surface area contributed by atoms with Crippen molar-refractivity contribution < 1.29 is 9.53 Å². The summed E-state index contributed by atoms with van der Waals surface area (Å²) < 4.78 is 4.74. The first-order chi connectivity index (χ1) is 5.77. The van der Waals surface area contributed by atoms with E-state index in [9.17, 15) is 4.79 Å². The van der Waals surface area contributed by atoms with Crippen LogP contribution in [0.1, 0.15) is 10.4 Å². The summed E-state index contributed by atoms with van der Waals surface area (Å²) in [5, 5.41) is 0.280. The molecule has 1 aromatic rings. The third-order valence-corrected chi connectivity index (χ3v) is 1.76. The van der Waals surface area contributed by atoms with Crippen molar-refractivity contribution in [3.8, 4) is 6.01 Å². The molecule has 4 nitrogen and oxygen atoms in total. The summed E-state index contributed by atoms with van der Waals surface area (Å²) in [4.78, 5) is 18.6. The Labute approximate surface area is 78.1 Å². The van der Waals surface area contributed by atoms with Gasteiger partial charge >= 0.3 is 6.01 Å². The number of aromatic nitrogens is 2. The van der Waals surface area contributed by atoms with Gasteiger partial charge in [-0.3, -0.25) is 4.79 Å². The van der Waals surface area contributed by atoms with Gasteiger partial charge in [0, 0.05) is 12.4 Å². The van der Waals surface area contributed by atoms with Gasteiger partial charge in [0.2, 0.25) is 0 Å². The molecule has 64 valence electrons. The Kier molecular flexibility index (Phi) is 3.16. The van der Waals surface area contributed by atoms with E-state index in [2.05, 4.69) is 25.9 Å². The zero-order valence-corrected chi connectivity index (χ0v) is 8.04. The Bertz CT molecular complexity index is 273. The molecule has 0 saturated heterocycles. The standard InChI is InChI=1S/C7H7BrN2O2/c1-12-7-9-3-5(4-10-7)6(11)2-8/h3-4H,2H2,1H3. The van der Waals surface area contributed by atoms with Gasteiger partial charge in [0.25, 0.3) is 0 Å². The number of methoxy groups -OCH3 is 1. The van der Waals surface area contributed by atoms with Gasteiger partial charge in [-0.1, -0.05) is 15.9 Å². The second-order valence-electron chi connectivity index (χ2n) is 2.02. The summed E-state index contributed by atoms with van der Waals surface area (Å²) in [6, 6.07) is 0.265. The first kappa shape index (κ1) is 9.12. The monoisotopic (exact) mass is 230 g/mol. The van der Waals surface area contributed by atoms with Gasteiger partial charge in [0.15, 0.2) is 5.78 Å². The molecule has 0 aromatic carbocycles. The molecule has 0 unspecified atom stereocenters. The predicted molar refractivity (Wildman–Crippen MR) is 46.7 cm³/mol. The van der Waals surface area contributed by atoms with Gasteiger partial charge < -0.3 is 4.74 Å². The zero-order valence-electron chi connectivity index (χ0n) is 6.45. The van der Waals surface area contributed by atoms with Crippen LogP contribution in [0.5, 0.6) is 6.01 Å². The maximum Gasteiger partial charge on any atom is 0.316 e. The molecule has 0 N–H and O–H groups in total. The predicted octanol–water partition coefficient (Wildman–Crippen LogP) is 1.06. The third kappa shape index (κ3) is 2.01. The van der Waals surface area contributed by atoms with Crippen molar-refractivity contribution >= 4 is 21.7 Å². The number of rotatable bonds is 3. The minimum Gasteiger partial charge on any atom is -0.467 e. The normalized spacial score (nSPS) is 9.50. The highest BCUT2D eigenvalue weighted by Crippen LogP contribution is 2.03. The van der Waals surface area contributed by atoms with Gasteiger partial charge in [-0.15, -0.1) is 0 Å². The average Bonchev–Trinajstić information content (AvgIpc) is 2.17. The highest BCUT2D eigenvalue weighted by atomic mass is 79.9. The second kappa shape index (κ2) is 4.15. The number of Topliss-reactive ketones (excluding diaryl/α,β-unsaturated/α-hetero) is 1. The summed E-state index contributed by atoms with van der Waals surface area (Å²) in [5.74, 6) is -0.0438. The van der Waals surface area contributed by atoms with E-state index in [1.165, 1.54) is 19.5 Å². The summed E-state index contributed by atoms with van der Waals surface area (Å²) >= 11 is 3.05. The highest BCUT2D eigenvalue weighted by molar-refractivity contribution is 9.09. The van der Waals surface area contributed by atoms with E-state index in [4.69, 9.17) is 4.74 Å². The number of carbonyl (C=O) groups is 1. The lowest BCUT2D eigenvalue weighted by Crippen LogP contribution is -2.02. The van der Waals surface area contributed by atoms with E-state index in [1.807, 2.05) is 0 Å².